The zero-order chi connectivity index (χ0) is 19.5. The second kappa shape index (κ2) is 7.66. The predicted octanol–water partition coefficient (Wildman–Crippen LogP) is 5.28. The smallest absolute Gasteiger partial charge is 0.258 e. The van der Waals surface area contributed by atoms with E-state index in [4.69, 9.17) is 11.6 Å². The molecule has 138 valence electrons. The molecular weight excluding hydrogens is 377 g/mol. The van der Waals surface area contributed by atoms with Crippen LogP contribution in [0.25, 0.3) is 22.8 Å². The maximum Gasteiger partial charge on any atom is 0.258 e. The monoisotopic (exact) mass is 391 g/mol. The van der Waals surface area contributed by atoms with E-state index in [9.17, 15) is 9.18 Å². The Bertz CT molecular complexity index is 1150. The molecule has 0 aliphatic heterocycles. The van der Waals surface area contributed by atoms with Gasteiger partial charge < -0.3 is 10.3 Å². The fourth-order valence-corrected chi connectivity index (χ4v) is 2.93. The van der Waals surface area contributed by atoms with E-state index in [1.54, 1.807) is 24.3 Å². The lowest BCUT2D eigenvalue weighted by molar-refractivity contribution is 0.0969. The first-order valence-corrected chi connectivity index (χ1v) is 8.96. The van der Waals surface area contributed by atoms with Crippen molar-refractivity contribution >= 4 is 40.3 Å². The number of aromatic amines is 1. The number of imidazole rings is 1. The van der Waals surface area contributed by atoms with Crippen LogP contribution in [0.1, 0.15) is 21.7 Å². The summed E-state index contributed by atoms with van der Waals surface area (Å²) in [5.41, 5.74) is 2.79. The first kappa shape index (κ1) is 17.9. The number of rotatable bonds is 4. The van der Waals surface area contributed by atoms with Crippen molar-refractivity contribution < 1.29 is 9.18 Å². The molecule has 4 rings (SSSR count). The molecule has 0 fully saturated rings. The van der Waals surface area contributed by atoms with Gasteiger partial charge in [0.1, 0.15) is 5.82 Å². The van der Waals surface area contributed by atoms with Crippen molar-refractivity contribution in [3.05, 3.63) is 101 Å². The highest BCUT2D eigenvalue weighted by Gasteiger charge is 2.16. The van der Waals surface area contributed by atoms with Gasteiger partial charge in [-0.15, -0.1) is 0 Å². The van der Waals surface area contributed by atoms with Crippen LogP contribution in [0.4, 0.5) is 4.39 Å². The number of benzene rings is 3. The van der Waals surface area contributed by atoms with E-state index in [1.165, 1.54) is 18.2 Å². The third-order valence-electron chi connectivity index (χ3n) is 4.19. The Morgan fingerprint density at radius 2 is 1.71 bits per heavy atom. The molecule has 1 amide bonds. The van der Waals surface area contributed by atoms with E-state index >= 15 is 0 Å². The molecule has 0 saturated carbocycles. The molecule has 3 aromatic carbocycles. The Balaban J connectivity index is 1.75. The van der Waals surface area contributed by atoms with Gasteiger partial charge in [0.15, 0.2) is 5.82 Å². The molecule has 0 spiro atoms. The van der Waals surface area contributed by atoms with Crippen LogP contribution >= 0.6 is 11.6 Å². The van der Waals surface area contributed by atoms with Gasteiger partial charge in [0.2, 0.25) is 0 Å². The summed E-state index contributed by atoms with van der Waals surface area (Å²) >= 11 is 5.95. The van der Waals surface area contributed by atoms with Gasteiger partial charge >= 0.3 is 0 Å². The van der Waals surface area contributed by atoms with Gasteiger partial charge in [-0.25, -0.2) is 9.37 Å². The molecule has 0 bridgehead atoms. The van der Waals surface area contributed by atoms with Crippen LogP contribution in [0.15, 0.2) is 72.8 Å². The van der Waals surface area contributed by atoms with E-state index in [1.807, 2.05) is 36.4 Å². The van der Waals surface area contributed by atoms with E-state index < -0.39 is 11.7 Å². The first-order valence-electron chi connectivity index (χ1n) is 8.58. The Morgan fingerprint density at radius 3 is 2.46 bits per heavy atom. The molecule has 0 atom stereocenters. The van der Waals surface area contributed by atoms with Crippen molar-refractivity contribution in [2.45, 2.75) is 0 Å². The summed E-state index contributed by atoms with van der Waals surface area (Å²) in [4.78, 5) is 20.4. The van der Waals surface area contributed by atoms with E-state index in [-0.39, 0.29) is 5.56 Å². The van der Waals surface area contributed by atoms with Crippen LogP contribution in [0.2, 0.25) is 5.02 Å². The lowest BCUT2D eigenvalue weighted by Crippen LogP contribution is -2.23. The topological polar surface area (TPSA) is 57.8 Å². The largest absolute Gasteiger partial charge is 0.337 e. The molecule has 0 radical (unpaired) electrons. The number of carbonyl (C=O) groups is 1. The van der Waals surface area contributed by atoms with Crippen LogP contribution in [-0.4, -0.2) is 15.9 Å². The minimum Gasteiger partial charge on any atom is -0.337 e. The Kier molecular flexibility index (Phi) is 4.91. The SMILES string of the molecule is O=C(N/C(=C/c1ccc(Cl)cc1)c1nc2ccccc2[nH]1)c1ccccc1F. The highest BCUT2D eigenvalue weighted by molar-refractivity contribution is 6.30. The minimum atomic E-state index is -0.588. The maximum absolute atomic E-state index is 14.0. The van der Waals surface area contributed by atoms with Gasteiger partial charge in [0.05, 0.1) is 22.3 Å². The summed E-state index contributed by atoms with van der Waals surface area (Å²) < 4.78 is 14.0. The number of fused-ring (bicyclic) bond motifs is 1. The highest BCUT2D eigenvalue weighted by Crippen LogP contribution is 2.20. The number of hydrogen-bond acceptors (Lipinski definition) is 2. The second-order valence-electron chi connectivity index (χ2n) is 6.15. The summed E-state index contributed by atoms with van der Waals surface area (Å²) in [5, 5.41) is 3.38. The Morgan fingerprint density at radius 1 is 1.00 bits per heavy atom. The average molecular weight is 392 g/mol. The van der Waals surface area contributed by atoms with Gasteiger partial charge in [-0.2, -0.15) is 0 Å². The predicted molar refractivity (Wildman–Crippen MR) is 109 cm³/mol. The molecule has 0 unspecified atom stereocenters. The molecular formula is C22H15ClFN3O. The van der Waals surface area contributed by atoms with Crippen LogP contribution in [0, 0.1) is 5.82 Å². The molecule has 2 N–H and O–H groups in total. The summed E-state index contributed by atoms with van der Waals surface area (Å²) in [5.74, 6) is -0.671. The molecule has 4 aromatic rings. The lowest BCUT2D eigenvalue weighted by atomic mass is 10.1. The number of para-hydroxylation sites is 2. The van der Waals surface area contributed by atoms with Crippen molar-refractivity contribution in [1.82, 2.24) is 15.3 Å². The van der Waals surface area contributed by atoms with Crippen LogP contribution in [0.5, 0.6) is 0 Å². The quantitative estimate of drug-likeness (QED) is 0.497. The second-order valence-corrected chi connectivity index (χ2v) is 6.58. The fraction of sp³-hybridized carbons (Fsp3) is 0. The summed E-state index contributed by atoms with van der Waals surface area (Å²) in [6.45, 7) is 0. The number of carbonyl (C=O) groups excluding carboxylic acids is 1. The Labute approximate surface area is 165 Å². The van der Waals surface area contributed by atoms with Crippen molar-refractivity contribution in [2.24, 2.45) is 0 Å². The Hall–Kier alpha value is -3.44. The van der Waals surface area contributed by atoms with Crippen LogP contribution in [-0.2, 0) is 0 Å². The zero-order valence-corrected chi connectivity index (χ0v) is 15.4. The van der Waals surface area contributed by atoms with E-state index in [0.717, 1.165) is 16.6 Å². The molecule has 6 heteroatoms. The summed E-state index contributed by atoms with van der Waals surface area (Å²) in [7, 11) is 0. The number of nitrogens with zero attached hydrogens (tertiary/aromatic N) is 1. The van der Waals surface area contributed by atoms with Crippen LogP contribution in [0.3, 0.4) is 0 Å². The standard InChI is InChI=1S/C22H15ClFN3O/c23-15-11-9-14(10-12-15)13-20(21-25-18-7-3-4-8-19(18)26-21)27-22(28)16-5-1-2-6-17(16)24/h1-13H,(H,25,26)(H,27,28)/b20-13+. The van der Waals surface area contributed by atoms with Crippen molar-refractivity contribution in [3.8, 4) is 0 Å². The van der Waals surface area contributed by atoms with Crippen molar-refractivity contribution in [2.75, 3.05) is 0 Å². The van der Waals surface area contributed by atoms with Gasteiger partial charge in [-0.05, 0) is 48.0 Å². The number of aromatic nitrogens is 2. The van der Waals surface area contributed by atoms with E-state index in [0.29, 0.717) is 16.5 Å². The molecule has 1 heterocycles. The molecule has 0 saturated heterocycles. The number of nitrogens with one attached hydrogen (secondary N) is 2. The minimum absolute atomic E-state index is 0.0411. The van der Waals surface area contributed by atoms with Gasteiger partial charge in [0.25, 0.3) is 5.91 Å². The number of H-pyrrole nitrogens is 1. The van der Waals surface area contributed by atoms with E-state index in [2.05, 4.69) is 15.3 Å². The summed E-state index contributed by atoms with van der Waals surface area (Å²) in [6.07, 6.45) is 1.76. The highest BCUT2D eigenvalue weighted by atomic mass is 35.5. The van der Waals surface area contributed by atoms with Crippen LogP contribution < -0.4 is 5.32 Å². The number of hydrogen-bond donors (Lipinski definition) is 2. The van der Waals surface area contributed by atoms with Gasteiger partial charge in [-0.1, -0.05) is 48.0 Å². The van der Waals surface area contributed by atoms with Crippen molar-refractivity contribution in [1.29, 1.82) is 0 Å². The van der Waals surface area contributed by atoms with Gasteiger partial charge in [0, 0.05) is 5.02 Å². The molecule has 1 aromatic heterocycles. The third-order valence-corrected chi connectivity index (χ3v) is 4.44. The lowest BCUT2D eigenvalue weighted by Gasteiger charge is -2.09. The maximum atomic E-state index is 14.0. The molecule has 0 aliphatic carbocycles. The normalized spacial score (nSPS) is 11.6. The molecule has 28 heavy (non-hydrogen) atoms. The third kappa shape index (κ3) is 3.80. The summed E-state index contributed by atoms with van der Waals surface area (Å²) in [6, 6.07) is 20.5. The first-order chi connectivity index (χ1) is 13.6. The van der Waals surface area contributed by atoms with Crippen molar-refractivity contribution in [3.63, 3.8) is 0 Å². The number of halogens is 2. The molecule has 4 nitrogen and oxygen atoms in total. The fourth-order valence-electron chi connectivity index (χ4n) is 2.80. The average Bonchev–Trinajstić information content (AvgIpc) is 3.13. The van der Waals surface area contributed by atoms with Gasteiger partial charge in [-0.3, -0.25) is 4.79 Å². The number of amides is 1. The molecule has 0 aliphatic rings. The zero-order valence-electron chi connectivity index (χ0n) is 14.6.